The summed E-state index contributed by atoms with van der Waals surface area (Å²) in [6.07, 6.45) is 5.47. The van der Waals surface area contributed by atoms with Crippen molar-refractivity contribution in [2.45, 2.75) is 52.0 Å². The number of hydrogen-bond acceptors (Lipinski definition) is 2. The van der Waals surface area contributed by atoms with E-state index in [1.807, 2.05) is 24.9 Å². The zero-order valence-electron chi connectivity index (χ0n) is 12.5. The minimum absolute atomic E-state index is 0.0584. The molecule has 1 aromatic rings. The highest BCUT2D eigenvalue weighted by Gasteiger charge is 2.26. The standard InChI is InChI=1S/C16H23ClN2O/c1-4-13-9-12(10-15(17)18-13)16(20)19(3)14-7-5-6-11(2)8-14/h9-11,14H,4-8H2,1-3H3. The Morgan fingerprint density at radius 3 is 2.85 bits per heavy atom. The summed E-state index contributed by atoms with van der Waals surface area (Å²) in [7, 11) is 1.91. The summed E-state index contributed by atoms with van der Waals surface area (Å²) >= 11 is 6.00. The third-order valence-electron chi connectivity index (χ3n) is 4.23. The molecule has 0 N–H and O–H groups in total. The lowest BCUT2D eigenvalue weighted by molar-refractivity contribution is 0.0672. The van der Waals surface area contributed by atoms with Gasteiger partial charge in [-0.3, -0.25) is 4.79 Å². The second kappa shape index (κ2) is 6.57. The highest BCUT2D eigenvalue weighted by atomic mass is 35.5. The molecule has 20 heavy (non-hydrogen) atoms. The lowest BCUT2D eigenvalue weighted by atomic mass is 9.86. The smallest absolute Gasteiger partial charge is 0.254 e. The van der Waals surface area contributed by atoms with Crippen molar-refractivity contribution in [2.75, 3.05) is 7.05 Å². The first-order valence-corrected chi connectivity index (χ1v) is 7.82. The van der Waals surface area contributed by atoms with Crippen molar-refractivity contribution in [1.82, 2.24) is 9.88 Å². The number of carbonyl (C=O) groups is 1. The predicted molar refractivity (Wildman–Crippen MR) is 82.1 cm³/mol. The monoisotopic (exact) mass is 294 g/mol. The first-order chi connectivity index (χ1) is 9.51. The number of amides is 1. The lowest BCUT2D eigenvalue weighted by Gasteiger charge is -2.34. The van der Waals surface area contributed by atoms with Gasteiger partial charge in [0.25, 0.3) is 5.91 Å². The summed E-state index contributed by atoms with van der Waals surface area (Å²) in [5.41, 5.74) is 1.52. The van der Waals surface area contributed by atoms with E-state index in [0.29, 0.717) is 22.7 Å². The van der Waals surface area contributed by atoms with Crippen molar-refractivity contribution in [3.63, 3.8) is 0 Å². The van der Waals surface area contributed by atoms with Gasteiger partial charge in [0.05, 0.1) is 0 Å². The van der Waals surface area contributed by atoms with Crippen LogP contribution in [0.15, 0.2) is 12.1 Å². The van der Waals surface area contributed by atoms with Crippen molar-refractivity contribution < 1.29 is 4.79 Å². The summed E-state index contributed by atoms with van der Waals surface area (Å²) < 4.78 is 0. The van der Waals surface area contributed by atoms with Gasteiger partial charge in [0, 0.05) is 24.3 Å². The van der Waals surface area contributed by atoms with Crippen molar-refractivity contribution in [1.29, 1.82) is 0 Å². The van der Waals surface area contributed by atoms with E-state index in [9.17, 15) is 4.79 Å². The van der Waals surface area contributed by atoms with Gasteiger partial charge in [-0.15, -0.1) is 0 Å². The molecule has 0 radical (unpaired) electrons. The molecule has 0 aromatic carbocycles. The molecule has 1 aliphatic rings. The fourth-order valence-electron chi connectivity index (χ4n) is 2.98. The van der Waals surface area contributed by atoms with Gasteiger partial charge in [-0.1, -0.05) is 38.3 Å². The van der Waals surface area contributed by atoms with Crippen LogP contribution in [0.2, 0.25) is 5.15 Å². The average Bonchev–Trinajstić information content (AvgIpc) is 2.45. The highest BCUT2D eigenvalue weighted by molar-refractivity contribution is 6.29. The van der Waals surface area contributed by atoms with E-state index in [1.165, 1.54) is 12.8 Å². The Balaban J connectivity index is 2.15. The molecule has 1 aliphatic carbocycles. The SMILES string of the molecule is CCc1cc(C(=O)N(C)C2CCCC(C)C2)cc(Cl)n1. The van der Waals surface area contributed by atoms with Gasteiger partial charge in [0.2, 0.25) is 0 Å². The molecule has 3 nitrogen and oxygen atoms in total. The van der Waals surface area contributed by atoms with E-state index in [4.69, 9.17) is 11.6 Å². The zero-order valence-corrected chi connectivity index (χ0v) is 13.3. The maximum absolute atomic E-state index is 12.6. The van der Waals surface area contributed by atoms with Gasteiger partial charge in [-0.05, 0) is 37.3 Å². The summed E-state index contributed by atoms with van der Waals surface area (Å²) in [5.74, 6) is 0.763. The van der Waals surface area contributed by atoms with Crippen LogP contribution in [-0.2, 0) is 6.42 Å². The topological polar surface area (TPSA) is 33.2 Å². The second-order valence-electron chi connectivity index (χ2n) is 5.87. The summed E-state index contributed by atoms with van der Waals surface area (Å²) in [6.45, 7) is 4.28. The van der Waals surface area contributed by atoms with Crippen molar-refractivity contribution >= 4 is 17.5 Å². The number of pyridine rings is 1. The fraction of sp³-hybridized carbons (Fsp3) is 0.625. The molecule has 2 atom stereocenters. The van der Waals surface area contributed by atoms with Gasteiger partial charge in [-0.2, -0.15) is 0 Å². The quantitative estimate of drug-likeness (QED) is 0.791. The first-order valence-electron chi connectivity index (χ1n) is 7.45. The van der Waals surface area contributed by atoms with Crippen LogP contribution in [0.3, 0.4) is 0 Å². The van der Waals surface area contributed by atoms with Gasteiger partial charge < -0.3 is 4.90 Å². The van der Waals surface area contributed by atoms with Crippen LogP contribution in [0.4, 0.5) is 0 Å². The van der Waals surface area contributed by atoms with Crippen LogP contribution in [0.1, 0.15) is 55.6 Å². The summed E-state index contributed by atoms with van der Waals surface area (Å²) in [6, 6.07) is 3.88. The molecule has 0 spiro atoms. The normalized spacial score (nSPS) is 22.6. The van der Waals surface area contributed by atoms with E-state index in [-0.39, 0.29) is 5.91 Å². The largest absolute Gasteiger partial charge is 0.339 e. The third-order valence-corrected chi connectivity index (χ3v) is 4.43. The minimum Gasteiger partial charge on any atom is -0.339 e. The fourth-order valence-corrected chi connectivity index (χ4v) is 3.21. The molecule has 1 aromatic heterocycles. The molecular weight excluding hydrogens is 272 g/mol. The van der Waals surface area contributed by atoms with E-state index < -0.39 is 0 Å². The molecule has 4 heteroatoms. The Morgan fingerprint density at radius 2 is 2.20 bits per heavy atom. The van der Waals surface area contributed by atoms with Gasteiger partial charge in [0.1, 0.15) is 5.15 Å². The van der Waals surface area contributed by atoms with Crippen LogP contribution >= 0.6 is 11.6 Å². The summed E-state index contributed by atoms with van der Waals surface area (Å²) in [4.78, 5) is 18.7. The molecule has 2 rings (SSSR count). The third kappa shape index (κ3) is 3.51. The van der Waals surface area contributed by atoms with Crippen LogP contribution in [0, 0.1) is 5.92 Å². The zero-order chi connectivity index (χ0) is 14.7. The van der Waals surface area contributed by atoms with E-state index in [0.717, 1.165) is 25.0 Å². The van der Waals surface area contributed by atoms with Crippen molar-refractivity contribution in [3.8, 4) is 0 Å². The Labute approximate surface area is 126 Å². The van der Waals surface area contributed by atoms with E-state index in [1.54, 1.807) is 6.07 Å². The number of carbonyl (C=O) groups excluding carboxylic acids is 1. The molecule has 1 amide bonds. The molecular formula is C16H23ClN2O. The Hall–Kier alpha value is -1.09. The number of rotatable bonds is 3. The lowest BCUT2D eigenvalue weighted by Crippen LogP contribution is -2.39. The van der Waals surface area contributed by atoms with Crippen molar-refractivity contribution in [3.05, 3.63) is 28.5 Å². The molecule has 0 saturated heterocycles. The number of halogens is 1. The van der Waals surface area contributed by atoms with Gasteiger partial charge in [0.15, 0.2) is 0 Å². The van der Waals surface area contributed by atoms with Crippen LogP contribution in [-0.4, -0.2) is 28.9 Å². The van der Waals surface area contributed by atoms with Gasteiger partial charge in [-0.25, -0.2) is 4.98 Å². The molecule has 0 bridgehead atoms. The Kier molecular flexibility index (Phi) is 5.03. The molecule has 0 aliphatic heterocycles. The van der Waals surface area contributed by atoms with Crippen LogP contribution < -0.4 is 0 Å². The van der Waals surface area contributed by atoms with E-state index in [2.05, 4.69) is 11.9 Å². The number of nitrogens with zero attached hydrogens (tertiary/aromatic N) is 2. The highest BCUT2D eigenvalue weighted by Crippen LogP contribution is 2.27. The molecule has 1 heterocycles. The predicted octanol–water partition coefficient (Wildman–Crippen LogP) is 3.95. The molecule has 1 saturated carbocycles. The second-order valence-corrected chi connectivity index (χ2v) is 6.25. The maximum Gasteiger partial charge on any atom is 0.254 e. The Morgan fingerprint density at radius 1 is 1.45 bits per heavy atom. The first kappa shape index (κ1) is 15.3. The van der Waals surface area contributed by atoms with Crippen LogP contribution in [0.25, 0.3) is 0 Å². The minimum atomic E-state index is 0.0584. The van der Waals surface area contributed by atoms with Crippen LogP contribution in [0.5, 0.6) is 0 Å². The van der Waals surface area contributed by atoms with E-state index >= 15 is 0 Å². The maximum atomic E-state index is 12.6. The van der Waals surface area contributed by atoms with Gasteiger partial charge >= 0.3 is 0 Å². The molecule has 1 fully saturated rings. The number of aromatic nitrogens is 1. The Bertz CT molecular complexity index is 489. The molecule has 2 unspecified atom stereocenters. The number of aryl methyl sites for hydroxylation is 1. The summed E-state index contributed by atoms with van der Waals surface area (Å²) in [5, 5.41) is 0.401. The molecule has 110 valence electrons. The van der Waals surface area contributed by atoms with Crippen molar-refractivity contribution in [2.24, 2.45) is 5.92 Å². The number of hydrogen-bond donors (Lipinski definition) is 0. The average molecular weight is 295 g/mol.